The van der Waals surface area contributed by atoms with Crippen molar-refractivity contribution < 1.29 is 18.3 Å². The van der Waals surface area contributed by atoms with Gasteiger partial charge >= 0.3 is 0 Å². The Morgan fingerprint density at radius 3 is 2.40 bits per heavy atom. The highest BCUT2D eigenvalue weighted by Crippen LogP contribution is 2.37. The number of aromatic nitrogens is 1. The standard InChI is InChI=1S/C17H19N3O4S/c18-25(23,24)14-6-4-11(5-7-14)17(22)20-16(12-9-13(21)10-12)15-3-1-2-8-19-15/h1-8,12-13,16,21H,9-10H2,(H,20,22)(H2,18,23,24)/t12?,13?,16-/m0/s1. The normalized spacial score (nSPS) is 21.2. The first-order valence-electron chi connectivity index (χ1n) is 7.87. The van der Waals surface area contributed by atoms with E-state index in [0.29, 0.717) is 18.4 Å². The third kappa shape index (κ3) is 4.04. The van der Waals surface area contributed by atoms with Gasteiger partial charge in [0.05, 0.1) is 22.7 Å². The Hall–Kier alpha value is -2.29. The van der Waals surface area contributed by atoms with Gasteiger partial charge in [0.1, 0.15) is 0 Å². The van der Waals surface area contributed by atoms with Crippen molar-refractivity contribution in [3.63, 3.8) is 0 Å². The van der Waals surface area contributed by atoms with E-state index in [-0.39, 0.29) is 28.9 Å². The van der Waals surface area contributed by atoms with Crippen LogP contribution in [0.4, 0.5) is 0 Å². The molecule has 0 bridgehead atoms. The van der Waals surface area contributed by atoms with Crippen molar-refractivity contribution in [2.75, 3.05) is 0 Å². The maximum Gasteiger partial charge on any atom is 0.251 e. The molecule has 1 aliphatic carbocycles. The summed E-state index contributed by atoms with van der Waals surface area (Å²) in [5, 5.41) is 17.6. The number of carbonyl (C=O) groups is 1. The quantitative estimate of drug-likeness (QED) is 0.732. The summed E-state index contributed by atoms with van der Waals surface area (Å²) < 4.78 is 22.6. The molecule has 25 heavy (non-hydrogen) atoms. The molecule has 1 saturated carbocycles. The van der Waals surface area contributed by atoms with Gasteiger partial charge in [-0.3, -0.25) is 9.78 Å². The van der Waals surface area contributed by atoms with Gasteiger partial charge in [-0.05, 0) is 55.2 Å². The van der Waals surface area contributed by atoms with E-state index in [1.54, 1.807) is 12.3 Å². The van der Waals surface area contributed by atoms with Crippen molar-refractivity contribution >= 4 is 15.9 Å². The topological polar surface area (TPSA) is 122 Å². The van der Waals surface area contributed by atoms with E-state index in [0.717, 1.165) is 5.69 Å². The van der Waals surface area contributed by atoms with Gasteiger partial charge in [-0.15, -0.1) is 0 Å². The zero-order chi connectivity index (χ0) is 18.0. The second-order valence-electron chi connectivity index (χ2n) is 6.16. The number of aliphatic hydroxyl groups excluding tert-OH is 1. The summed E-state index contributed by atoms with van der Waals surface area (Å²) in [7, 11) is -3.80. The van der Waals surface area contributed by atoms with E-state index >= 15 is 0 Å². The Bertz CT molecular complexity index is 847. The van der Waals surface area contributed by atoms with Crippen LogP contribution in [0, 0.1) is 5.92 Å². The van der Waals surface area contributed by atoms with Gasteiger partial charge in [0.25, 0.3) is 5.91 Å². The fourth-order valence-electron chi connectivity index (χ4n) is 2.92. The van der Waals surface area contributed by atoms with Gasteiger partial charge in [-0.1, -0.05) is 6.07 Å². The maximum atomic E-state index is 12.5. The monoisotopic (exact) mass is 361 g/mol. The molecule has 8 heteroatoms. The zero-order valence-electron chi connectivity index (χ0n) is 13.4. The molecule has 3 rings (SSSR count). The molecule has 0 radical (unpaired) electrons. The third-order valence-electron chi connectivity index (χ3n) is 4.36. The number of nitrogens with two attached hydrogens (primary N) is 1. The van der Waals surface area contributed by atoms with E-state index in [4.69, 9.17) is 5.14 Å². The zero-order valence-corrected chi connectivity index (χ0v) is 14.2. The molecule has 132 valence electrons. The van der Waals surface area contributed by atoms with Gasteiger partial charge in [0.15, 0.2) is 0 Å². The summed E-state index contributed by atoms with van der Waals surface area (Å²) in [5.74, 6) is -0.226. The van der Waals surface area contributed by atoms with Crippen molar-refractivity contribution in [2.24, 2.45) is 11.1 Å². The van der Waals surface area contributed by atoms with Crippen LogP contribution in [-0.4, -0.2) is 30.5 Å². The minimum absolute atomic E-state index is 0.0487. The Balaban J connectivity index is 1.78. The molecule has 0 unspecified atom stereocenters. The summed E-state index contributed by atoms with van der Waals surface area (Å²) in [6.45, 7) is 0. The number of benzene rings is 1. The number of rotatable bonds is 5. The van der Waals surface area contributed by atoms with Gasteiger partial charge in [-0.2, -0.15) is 0 Å². The van der Waals surface area contributed by atoms with Crippen molar-refractivity contribution in [3.05, 3.63) is 59.9 Å². The van der Waals surface area contributed by atoms with Crippen LogP contribution in [0.15, 0.2) is 53.6 Å². The van der Waals surface area contributed by atoms with E-state index in [1.165, 1.54) is 24.3 Å². The predicted octanol–water partition coefficient (Wildman–Crippen LogP) is 0.971. The molecule has 4 N–H and O–H groups in total. The van der Waals surface area contributed by atoms with Crippen molar-refractivity contribution in [1.82, 2.24) is 10.3 Å². The maximum absolute atomic E-state index is 12.5. The molecule has 1 atom stereocenters. The number of sulfonamides is 1. The lowest BCUT2D eigenvalue weighted by molar-refractivity contribution is 0.0228. The lowest BCUT2D eigenvalue weighted by Gasteiger charge is -2.37. The highest BCUT2D eigenvalue weighted by Gasteiger charge is 2.36. The van der Waals surface area contributed by atoms with Crippen LogP contribution >= 0.6 is 0 Å². The molecule has 1 aromatic carbocycles. The van der Waals surface area contributed by atoms with E-state index < -0.39 is 10.0 Å². The molecule has 0 aliphatic heterocycles. The summed E-state index contributed by atoms with van der Waals surface area (Å²) in [4.78, 5) is 16.8. The van der Waals surface area contributed by atoms with E-state index in [1.807, 2.05) is 12.1 Å². The molecular formula is C17H19N3O4S. The van der Waals surface area contributed by atoms with Gasteiger partial charge in [0, 0.05) is 11.8 Å². The minimum Gasteiger partial charge on any atom is -0.393 e. The molecule has 2 aromatic rings. The van der Waals surface area contributed by atoms with Gasteiger partial charge in [0.2, 0.25) is 10.0 Å². The number of carbonyl (C=O) groups excluding carboxylic acids is 1. The molecule has 0 saturated heterocycles. The number of hydrogen-bond donors (Lipinski definition) is 3. The fraction of sp³-hybridized carbons (Fsp3) is 0.294. The summed E-state index contributed by atoms with van der Waals surface area (Å²) >= 11 is 0. The molecular weight excluding hydrogens is 342 g/mol. The average molecular weight is 361 g/mol. The third-order valence-corrected chi connectivity index (χ3v) is 5.29. The Kier molecular flexibility index (Phi) is 4.85. The Labute approximate surface area is 145 Å². The van der Waals surface area contributed by atoms with Crippen LogP contribution in [0.1, 0.15) is 34.9 Å². The molecule has 1 amide bonds. The van der Waals surface area contributed by atoms with Gasteiger partial charge < -0.3 is 10.4 Å². The number of hydrogen-bond acceptors (Lipinski definition) is 5. The first-order chi connectivity index (χ1) is 11.8. The van der Waals surface area contributed by atoms with Gasteiger partial charge in [-0.25, -0.2) is 13.6 Å². The molecule has 0 spiro atoms. The lowest BCUT2D eigenvalue weighted by Crippen LogP contribution is -2.41. The number of aliphatic hydroxyl groups is 1. The number of nitrogens with one attached hydrogen (secondary N) is 1. The summed E-state index contributed by atoms with van der Waals surface area (Å²) in [6, 6.07) is 10.6. The summed E-state index contributed by atoms with van der Waals surface area (Å²) in [6.07, 6.45) is 2.52. The van der Waals surface area contributed by atoms with Crippen molar-refractivity contribution in [1.29, 1.82) is 0 Å². The number of amides is 1. The van der Waals surface area contributed by atoms with E-state index in [2.05, 4.69) is 10.3 Å². The number of nitrogens with zero attached hydrogens (tertiary/aromatic N) is 1. The fourth-order valence-corrected chi connectivity index (χ4v) is 3.43. The van der Waals surface area contributed by atoms with Crippen LogP contribution in [0.2, 0.25) is 0 Å². The summed E-state index contributed by atoms with van der Waals surface area (Å²) in [5.41, 5.74) is 1.06. The number of primary sulfonamides is 1. The largest absolute Gasteiger partial charge is 0.393 e. The molecule has 7 nitrogen and oxygen atoms in total. The van der Waals surface area contributed by atoms with Crippen molar-refractivity contribution in [2.45, 2.75) is 29.9 Å². The first-order valence-corrected chi connectivity index (χ1v) is 9.42. The molecule has 1 fully saturated rings. The highest BCUT2D eigenvalue weighted by atomic mass is 32.2. The minimum atomic E-state index is -3.80. The SMILES string of the molecule is NS(=O)(=O)c1ccc(C(=O)N[C@H](c2ccccn2)C2CC(O)C2)cc1. The highest BCUT2D eigenvalue weighted by molar-refractivity contribution is 7.89. The Morgan fingerprint density at radius 2 is 1.88 bits per heavy atom. The molecule has 1 aliphatic rings. The molecule has 1 aromatic heterocycles. The second-order valence-corrected chi connectivity index (χ2v) is 7.72. The second kappa shape index (κ2) is 6.91. The predicted molar refractivity (Wildman–Crippen MR) is 91.0 cm³/mol. The lowest BCUT2D eigenvalue weighted by atomic mass is 9.76. The average Bonchev–Trinajstić information content (AvgIpc) is 2.57. The van der Waals surface area contributed by atoms with Crippen LogP contribution in [0.25, 0.3) is 0 Å². The Morgan fingerprint density at radius 1 is 1.20 bits per heavy atom. The molecule has 1 heterocycles. The number of pyridine rings is 1. The van der Waals surface area contributed by atoms with Crippen LogP contribution < -0.4 is 10.5 Å². The van der Waals surface area contributed by atoms with Crippen LogP contribution in [0.3, 0.4) is 0 Å². The smallest absolute Gasteiger partial charge is 0.251 e. The van der Waals surface area contributed by atoms with Crippen molar-refractivity contribution in [3.8, 4) is 0 Å². The van der Waals surface area contributed by atoms with E-state index in [9.17, 15) is 18.3 Å². The van der Waals surface area contributed by atoms with Crippen LogP contribution in [-0.2, 0) is 10.0 Å². The van der Waals surface area contributed by atoms with Crippen LogP contribution in [0.5, 0.6) is 0 Å². The first kappa shape index (κ1) is 17.5.